The van der Waals surface area contributed by atoms with E-state index in [-0.39, 0.29) is 5.91 Å². The molecule has 1 amide bonds. The highest BCUT2D eigenvalue weighted by Crippen LogP contribution is 2.28. The summed E-state index contributed by atoms with van der Waals surface area (Å²) >= 11 is 0. The fourth-order valence-electron chi connectivity index (χ4n) is 2.17. The molecule has 0 heterocycles. The molecular formula is C16H24N2O. The van der Waals surface area contributed by atoms with Gasteiger partial charge in [-0.1, -0.05) is 36.8 Å². The van der Waals surface area contributed by atoms with Gasteiger partial charge in [0.1, 0.15) is 0 Å². The van der Waals surface area contributed by atoms with Gasteiger partial charge in [-0.05, 0) is 38.3 Å². The number of nitrogens with one attached hydrogen (secondary N) is 1. The minimum Gasteiger partial charge on any atom is -0.334 e. The van der Waals surface area contributed by atoms with E-state index in [9.17, 15) is 4.79 Å². The second-order valence-corrected chi connectivity index (χ2v) is 5.42. The molecule has 0 unspecified atom stereocenters. The zero-order valence-corrected chi connectivity index (χ0v) is 12.0. The Morgan fingerprint density at radius 2 is 2.00 bits per heavy atom. The molecule has 1 saturated carbocycles. The van der Waals surface area contributed by atoms with Crippen LogP contribution < -0.4 is 5.32 Å². The molecule has 0 aromatic heterocycles. The summed E-state index contributed by atoms with van der Waals surface area (Å²) in [7, 11) is 0. The lowest BCUT2D eigenvalue weighted by Gasteiger charge is -2.23. The van der Waals surface area contributed by atoms with Gasteiger partial charge in [-0.3, -0.25) is 4.79 Å². The minimum absolute atomic E-state index is 0.233. The van der Waals surface area contributed by atoms with Crippen molar-refractivity contribution in [3.8, 4) is 0 Å². The molecule has 19 heavy (non-hydrogen) atoms. The average Bonchev–Trinajstić information content (AvgIpc) is 3.22. The summed E-state index contributed by atoms with van der Waals surface area (Å²) in [4.78, 5) is 14.3. The number of amides is 1. The van der Waals surface area contributed by atoms with Gasteiger partial charge in [-0.25, -0.2) is 0 Å². The van der Waals surface area contributed by atoms with Crippen molar-refractivity contribution in [2.24, 2.45) is 0 Å². The van der Waals surface area contributed by atoms with Gasteiger partial charge in [0.05, 0.1) is 6.54 Å². The fourth-order valence-corrected chi connectivity index (χ4v) is 2.17. The SMILES string of the molecule is CCCNCC(=O)N(Cc1ccc(C)cc1)C1CC1. The molecule has 0 aliphatic heterocycles. The zero-order valence-electron chi connectivity index (χ0n) is 12.0. The molecule has 1 aliphatic rings. The lowest BCUT2D eigenvalue weighted by atomic mass is 10.1. The highest BCUT2D eigenvalue weighted by atomic mass is 16.2. The van der Waals surface area contributed by atoms with Gasteiger partial charge in [-0.15, -0.1) is 0 Å². The number of aryl methyl sites for hydroxylation is 1. The standard InChI is InChI=1S/C16H24N2O/c1-3-10-17-11-16(19)18(15-8-9-15)12-14-6-4-13(2)5-7-14/h4-7,15,17H,3,8-12H2,1-2H3. The quantitative estimate of drug-likeness (QED) is 0.764. The van der Waals surface area contributed by atoms with E-state index in [1.54, 1.807) is 0 Å². The molecule has 0 bridgehead atoms. The van der Waals surface area contributed by atoms with Crippen LogP contribution in [-0.4, -0.2) is 29.9 Å². The summed E-state index contributed by atoms with van der Waals surface area (Å²) < 4.78 is 0. The van der Waals surface area contributed by atoms with Crippen molar-refractivity contribution in [1.29, 1.82) is 0 Å². The maximum absolute atomic E-state index is 12.2. The fraction of sp³-hybridized carbons (Fsp3) is 0.562. The molecule has 1 aromatic rings. The van der Waals surface area contributed by atoms with E-state index in [1.165, 1.54) is 11.1 Å². The van der Waals surface area contributed by atoms with Crippen LogP contribution in [0.25, 0.3) is 0 Å². The van der Waals surface area contributed by atoms with Gasteiger partial charge in [0.2, 0.25) is 5.91 Å². The second kappa shape index (κ2) is 6.71. The van der Waals surface area contributed by atoms with E-state index < -0.39 is 0 Å². The summed E-state index contributed by atoms with van der Waals surface area (Å²) in [5.74, 6) is 0.233. The van der Waals surface area contributed by atoms with Gasteiger partial charge in [0, 0.05) is 12.6 Å². The number of hydrogen-bond acceptors (Lipinski definition) is 2. The maximum atomic E-state index is 12.2. The molecule has 0 atom stereocenters. The number of rotatable bonds is 7. The molecule has 3 nitrogen and oxygen atoms in total. The first kappa shape index (κ1) is 14.1. The van der Waals surface area contributed by atoms with Crippen LogP contribution in [0.3, 0.4) is 0 Å². The van der Waals surface area contributed by atoms with Crippen LogP contribution in [0.1, 0.15) is 37.3 Å². The molecule has 1 aliphatic carbocycles. The maximum Gasteiger partial charge on any atom is 0.237 e. The van der Waals surface area contributed by atoms with E-state index in [0.29, 0.717) is 12.6 Å². The van der Waals surface area contributed by atoms with Crippen LogP contribution in [0.15, 0.2) is 24.3 Å². The number of hydrogen-bond donors (Lipinski definition) is 1. The van der Waals surface area contributed by atoms with Crippen LogP contribution in [0.4, 0.5) is 0 Å². The third-order valence-corrected chi connectivity index (χ3v) is 3.48. The smallest absolute Gasteiger partial charge is 0.237 e. The molecule has 3 heteroatoms. The van der Waals surface area contributed by atoms with Crippen LogP contribution in [0.5, 0.6) is 0 Å². The van der Waals surface area contributed by atoms with Gasteiger partial charge in [0.25, 0.3) is 0 Å². The Bertz CT molecular complexity index is 409. The first-order valence-corrected chi connectivity index (χ1v) is 7.26. The van der Waals surface area contributed by atoms with Crippen LogP contribution in [0.2, 0.25) is 0 Å². The topological polar surface area (TPSA) is 32.3 Å². The Labute approximate surface area is 116 Å². The predicted molar refractivity (Wildman–Crippen MR) is 77.9 cm³/mol. The van der Waals surface area contributed by atoms with E-state index in [4.69, 9.17) is 0 Å². The van der Waals surface area contributed by atoms with Gasteiger partial charge >= 0.3 is 0 Å². The Hall–Kier alpha value is -1.35. The van der Waals surface area contributed by atoms with E-state index in [1.807, 2.05) is 4.90 Å². The number of nitrogens with zero attached hydrogens (tertiary/aromatic N) is 1. The molecule has 104 valence electrons. The van der Waals surface area contributed by atoms with E-state index in [2.05, 4.69) is 43.4 Å². The molecule has 2 rings (SSSR count). The summed E-state index contributed by atoms with van der Waals surface area (Å²) in [6.45, 7) is 6.33. The third kappa shape index (κ3) is 4.35. The third-order valence-electron chi connectivity index (χ3n) is 3.48. The van der Waals surface area contributed by atoms with Crippen LogP contribution in [0, 0.1) is 6.92 Å². The van der Waals surface area contributed by atoms with Gasteiger partial charge < -0.3 is 10.2 Å². The monoisotopic (exact) mass is 260 g/mol. The van der Waals surface area contributed by atoms with Crippen molar-refractivity contribution >= 4 is 5.91 Å². The Kier molecular flexibility index (Phi) is 4.97. The van der Waals surface area contributed by atoms with Crippen molar-refractivity contribution in [2.45, 2.75) is 45.7 Å². The van der Waals surface area contributed by atoms with Crippen molar-refractivity contribution in [2.75, 3.05) is 13.1 Å². The minimum atomic E-state index is 0.233. The Balaban J connectivity index is 1.92. The zero-order chi connectivity index (χ0) is 13.7. The normalized spacial score (nSPS) is 14.4. The van der Waals surface area contributed by atoms with Crippen molar-refractivity contribution < 1.29 is 4.79 Å². The highest BCUT2D eigenvalue weighted by Gasteiger charge is 2.32. The average molecular weight is 260 g/mol. The summed E-state index contributed by atoms with van der Waals surface area (Å²) in [5.41, 5.74) is 2.49. The lowest BCUT2D eigenvalue weighted by molar-refractivity contribution is -0.131. The largest absolute Gasteiger partial charge is 0.334 e. The van der Waals surface area contributed by atoms with Crippen molar-refractivity contribution in [1.82, 2.24) is 10.2 Å². The van der Waals surface area contributed by atoms with E-state index in [0.717, 1.165) is 32.4 Å². The highest BCUT2D eigenvalue weighted by molar-refractivity contribution is 5.79. The first-order valence-electron chi connectivity index (χ1n) is 7.26. The molecular weight excluding hydrogens is 236 g/mol. The van der Waals surface area contributed by atoms with Crippen molar-refractivity contribution in [3.05, 3.63) is 35.4 Å². The summed E-state index contributed by atoms with van der Waals surface area (Å²) in [6.07, 6.45) is 3.38. The van der Waals surface area contributed by atoms with Gasteiger partial charge in [0.15, 0.2) is 0 Å². The molecule has 0 radical (unpaired) electrons. The van der Waals surface area contributed by atoms with Crippen molar-refractivity contribution in [3.63, 3.8) is 0 Å². The van der Waals surface area contributed by atoms with E-state index >= 15 is 0 Å². The number of carbonyl (C=O) groups excluding carboxylic acids is 1. The van der Waals surface area contributed by atoms with Crippen LogP contribution in [-0.2, 0) is 11.3 Å². The summed E-state index contributed by atoms with van der Waals surface area (Å²) in [5, 5.41) is 3.20. The Morgan fingerprint density at radius 3 is 2.58 bits per heavy atom. The lowest BCUT2D eigenvalue weighted by Crippen LogP contribution is -2.39. The first-order chi connectivity index (χ1) is 9.20. The van der Waals surface area contributed by atoms with Crippen LogP contribution >= 0.6 is 0 Å². The second-order valence-electron chi connectivity index (χ2n) is 5.42. The molecule has 0 saturated heterocycles. The molecule has 0 spiro atoms. The predicted octanol–water partition coefficient (Wildman–Crippen LogP) is 2.49. The summed E-state index contributed by atoms with van der Waals surface area (Å²) in [6, 6.07) is 8.94. The number of carbonyl (C=O) groups is 1. The molecule has 1 aromatic carbocycles. The Morgan fingerprint density at radius 1 is 1.32 bits per heavy atom. The number of benzene rings is 1. The molecule has 1 N–H and O–H groups in total. The van der Waals surface area contributed by atoms with Gasteiger partial charge in [-0.2, -0.15) is 0 Å². The molecule has 1 fully saturated rings.